The predicted molar refractivity (Wildman–Crippen MR) is 78.7 cm³/mol. The number of likely N-dealkylation sites (N-methyl/N-ethyl adjacent to an activating group) is 1. The van der Waals surface area contributed by atoms with E-state index in [1.807, 2.05) is 0 Å². The number of nitrogens with zero attached hydrogens (tertiary/aromatic N) is 1. The summed E-state index contributed by atoms with van der Waals surface area (Å²) < 4.78 is 56.0. The quantitative estimate of drug-likeness (QED) is 0.877. The number of alkyl halides is 2. The van der Waals surface area contributed by atoms with Crippen LogP contribution in [0.15, 0.2) is 29.2 Å². The summed E-state index contributed by atoms with van der Waals surface area (Å²) in [6, 6.07) is 4.34. The highest BCUT2D eigenvalue weighted by Crippen LogP contribution is 2.31. The Balaban J connectivity index is 2.42. The molecular weight excluding hydrogens is 330 g/mol. The Morgan fingerprint density at radius 3 is 2.70 bits per heavy atom. The average Bonchev–Trinajstić information content (AvgIpc) is 2.54. The molecule has 0 saturated carbocycles. The zero-order valence-corrected chi connectivity index (χ0v) is 13.4. The third-order valence-electron chi connectivity index (χ3n) is 3.65. The number of halogens is 2. The van der Waals surface area contributed by atoms with Gasteiger partial charge >= 0.3 is 6.61 Å². The van der Waals surface area contributed by atoms with Crippen LogP contribution < -0.4 is 10.1 Å². The van der Waals surface area contributed by atoms with Crippen molar-refractivity contribution < 1.29 is 26.7 Å². The zero-order chi connectivity index (χ0) is 17.0. The number of rotatable bonds is 5. The monoisotopic (exact) mass is 348 g/mol. The van der Waals surface area contributed by atoms with E-state index >= 15 is 0 Å². The average molecular weight is 348 g/mol. The minimum absolute atomic E-state index is 0.156. The van der Waals surface area contributed by atoms with Crippen LogP contribution in [0.3, 0.4) is 0 Å². The number of sulfonamides is 1. The second-order valence-electron chi connectivity index (χ2n) is 5.07. The normalized spacial score (nSPS) is 19.6. The largest absolute Gasteiger partial charge is 0.433 e. The number of carbonyl (C=O) groups excluding carboxylic acids is 1. The van der Waals surface area contributed by atoms with Gasteiger partial charge in [-0.2, -0.15) is 13.1 Å². The molecule has 1 heterocycles. The van der Waals surface area contributed by atoms with Gasteiger partial charge in [0.05, 0.1) is 0 Å². The number of hydrogen-bond acceptors (Lipinski definition) is 4. The summed E-state index contributed by atoms with van der Waals surface area (Å²) in [4.78, 5) is 11.6. The lowest BCUT2D eigenvalue weighted by Crippen LogP contribution is -2.51. The summed E-state index contributed by atoms with van der Waals surface area (Å²) in [7, 11) is -2.70. The first-order valence-electron chi connectivity index (χ1n) is 7.15. The molecule has 0 radical (unpaired) electrons. The molecule has 1 aliphatic heterocycles. The van der Waals surface area contributed by atoms with Crippen LogP contribution in [-0.2, 0) is 14.8 Å². The van der Waals surface area contributed by atoms with Gasteiger partial charge < -0.3 is 10.1 Å². The number of piperidine rings is 1. The number of ether oxygens (including phenoxy) is 1. The van der Waals surface area contributed by atoms with E-state index in [1.54, 1.807) is 0 Å². The Hall–Kier alpha value is -1.74. The maximum Gasteiger partial charge on any atom is 0.387 e. The van der Waals surface area contributed by atoms with Crippen LogP contribution in [0.25, 0.3) is 0 Å². The Labute approximate surface area is 133 Å². The van der Waals surface area contributed by atoms with Crippen LogP contribution in [0, 0.1) is 0 Å². The Bertz CT molecular complexity index is 666. The molecule has 1 aromatic carbocycles. The van der Waals surface area contributed by atoms with Crippen molar-refractivity contribution in [3.8, 4) is 5.75 Å². The zero-order valence-electron chi connectivity index (χ0n) is 12.5. The first-order chi connectivity index (χ1) is 10.9. The molecule has 9 heteroatoms. The highest BCUT2D eigenvalue weighted by Gasteiger charge is 2.38. The van der Waals surface area contributed by atoms with Gasteiger partial charge in [-0.15, -0.1) is 0 Å². The third-order valence-corrected chi connectivity index (χ3v) is 5.60. The number of carbonyl (C=O) groups is 1. The van der Waals surface area contributed by atoms with Crippen LogP contribution in [-0.4, -0.2) is 44.9 Å². The summed E-state index contributed by atoms with van der Waals surface area (Å²) in [6.45, 7) is -2.98. The van der Waals surface area contributed by atoms with Crippen molar-refractivity contribution >= 4 is 15.9 Å². The molecule has 1 atom stereocenters. The van der Waals surface area contributed by atoms with E-state index in [2.05, 4.69) is 10.1 Å². The molecule has 0 bridgehead atoms. The van der Waals surface area contributed by atoms with Gasteiger partial charge in [-0.1, -0.05) is 18.6 Å². The second kappa shape index (κ2) is 7.22. The van der Waals surface area contributed by atoms with Crippen molar-refractivity contribution in [1.82, 2.24) is 9.62 Å². The lowest BCUT2D eigenvalue weighted by Gasteiger charge is -2.33. The Morgan fingerprint density at radius 2 is 2.04 bits per heavy atom. The third kappa shape index (κ3) is 3.78. The molecule has 128 valence electrons. The fourth-order valence-electron chi connectivity index (χ4n) is 2.60. The lowest BCUT2D eigenvalue weighted by atomic mass is 10.0. The van der Waals surface area contributed by atoms with Gasteiger partial charge in [0.15, 0.2) is 0 Å². The molecule has 1 aliphatic rings. The first-order valence-corrected chi connectivity index (χ1v) is 8.59. The Kier molecular flexibility index (Phi) is 5.53. The van der Waals surface area contributed by atoms with Gasteiger partial charge in [-0.3, -0.25) is 4.79 Å². The molecule has 1 aromatic rings. The highest BCUT2D eigenvalue weighted by molar-refractivity contribution is 7.89. The van der Waals surface area contributed by atoms with Gasteiger partial charge in [0, 0.05) is 13.6 Å². The molecule has 2 rings (SSSR count). The van der Waals surface area contributed by atoms with E-state index in [0.717, 1.165) is 16.8 Å². The van der Waals surface area contributed by atoms with E-state index in [9.17, 15) is 22.0 Å². The summed E-state index contributed by atoms with van der Waals surface area (Å²) in [5, 5.41) is 2.44. The standard InChI is InChI=1S/C14H18F2N2O4S/c1-17-13(19)10-6-4-5-9-18(10)23(20,21)12-8-3-2-7-11(12)22-14(15)16/h2-3,7-8,10,14H,4-6,9H2,1H3,(H,17,19). The molecule has 0 aromatic heterocycles. The fourth-order valence-corrected chi connectivity index (χ4v) is 4.38. The molecule has 0 spiro atoms. The van der Waals surface area contributed by atoms with E-state index < -0.39 is 34.3 Å². The Morgan fingerprint density at radius 1 is 1.35 bits per heavy atom. The SMILES string of the molecule is CNC(=O)C1CCCCN1S(=O)(=O)c1ccccc1OC(F)F. The molecule has 1 amide bonds. The number of amides is 1. The van der Waals surface area contributed by atoms with Crippen LogP contribution in [0.5, 0.6) is 5.75 Å². The topological polar surface area (TPSA) is 75.7 Å². The van der Waals surface area contributed by atoms with Gasteiger partial charge in [0.25, 0.3) is 0 Å². The maximum atomic E-state index is 12.8. The smallest absolute Gasteiger partial charge is 0.387 e. The van der Waals surface area contributed by atoms with Crippen molar-refractivity contribution in [3.05, 3.63) is 24.3 Å². The van der Waals surface area contributed by atoms with Crippen LogP contribution in [0.2, 0.25) is 0 Å². The van der Waals surface area contributed by atoms with Gasteiger partial charge in [-0.05, 0) is 25.0 Å². The highest BCUT2D eigenvalue weighted by atomic mass is 32.2. The molecule has 1 unspecified atom stereocenters. The molecule has 1 N–H and O–H groups in total. The van der Waals surface area contributed by atoms with Crippen LogP contribution >= 0.6 is 0 Å². The van der Waals surface area contributed by atoms with E-state index in [-0.39, 0.29) is 11.4 Å². The van der Waals surface area contributed by atoms with Crippen molar-refractivity contribution in [1.29, 1.82) is 0 Å². The lowest BCUT2D eigenvalue weighted by molar-refractivity contribution is -0.125. The summed E-state index contributed by atoms with van der Waals surface area (Å²) in [5.74, 6) is -0.843. The molecule has 1 saturated heterocycles. The number of hydrogen-bond donors (Lipinski definition) is 1. The molecule has 0 aliphatic carbocycles. The minimum Gasteiger partial charge on any atom is -0.433 e. The first kappa shape index (κ1) is 17.6. The summed E-state index contributed by atoms with van der Waals surface area (Å²) >= 11 is 0. The predicted octanol–water partition coefficient (Wildman–Crippen LogP) is 1.58. The van der Waals surface area contributed by atoms with Crippen molar-refractivity contribution in [3.63, 3.8) is 0 Å². The minimum atomic E-state index is -4.13. The fraction of sp³-hybridized carbons (Fsp3) is 0.500. The molecule has 1 fully saturated rings. The van der Waals surface area contributed by atoms with E-state index in [0.29, 0.717) is 12.8 Å². The van der Waals surface area contributed by atoms with Crippen molar-refractivity contribution in [2.75, 3.05) is 13.6 Å². The summed E-state index contributed by atoms with van der Waals surface area (Å²) in [6.07, 6.45) is 1.71. The second-order valence-corrected chi connectivity index (χ2v) is 6.93. The van der Waals surface area contributed by atoms with Gasteiger partial charge in [0.1, 0.15) is 16.7 Å². The van der Waals surface area contributed by atoms with E-state index in [1.165, 1.54) is 25.2 Å². The van der Waals surface area contributed by atoms with Crippen LogP contribution in [0.1, 0.15) is 19.3 Å². The number of nitrogens with one attached hydrogen (secondary N) is 1. The molecule has 6 nitrogen and oxygen atoms in total. The molecule has 23 heavy (non-hydrogen) atoms. The summed E-state index contributed by atoms with van der Waals surface area (Å²) in [5.41, 5.74) is 0. The van der Waals surface area contributed by atoms with Gasteiger partial charge in [-0.25, -0.2) is 8.42 Å². The van der Waals surface area contributed by atoms with E-state index in [4.69, 9.17) is 0 Å². The number of benzene rings is 1. The van der Waals surface area contributed by atoms with Gasteiger partial charge in [0.2, 0.25) is 15.9 Å². The number of para-hydroxylation sites is 1. The van der Waals surface area contributed by atoms with Crippen molar-refractivity contribution in [2.45, 2.75) is 36.8 Å². The maximum absolute atomic E-state index is 12.8. The van der Waals surface area contributed by atoms with Crippen LogP contribution in [0.4, 0.5) is 8.78 Å². The molecular formula is C14H18F2N2O4S. The van der Waals surface area contributed by atoms with Crippen molar-refractivity contribution in [2.24, 2.45) is 0 Å².